The molecule has 3 rings (SSSR count). The summed E-state index contributed by atoms with van der Waals surface area (Å²) < 4.78 is 16.2. The number of amides is 1. The summed E-state index contributed by atoms with van der Waals surface area (Å²) in [7, 11) is 1.55. The molecule has 0 N–H and O–H groups in total. The Kier molecular flexibility index (Phi) is 5.48. The molecule has 25 heavy (non-hydrogen) atoms. The van der Waals surface area contributed by atoms with Crippen LogP contribution in [0.2, 0.25) is 5.02 Å². The molecule has 1 fully saturated rings. The fourth-order valence-corrected chi connectivity index (χ4v) is 3.10. The van der Waals surface area contributed by atoms with Gasteiger partial charge in [-0.25, -0.2) is 0 Å². The predicted molar refractivity (Wildman–Crippen MR) is 93.2 cm³/mol. The Morgan fingerprint density at radius 3 is 2.96 bits per heavy atom. The molecule has 0 spiro atoms. The quantitative estimate of drug-likeness (QED) is 0.804. The van der Waals surface area contributed by atoms with E-state index in [1.165, 1.54) is 0 Å². The highest BCUT2D eigenvalue weighted by molar-refractivity contribution is 6.30. The number of ether oxygens (including phenoxy) is 2. The van der Waals surface area contributed by atoms with Crippen LogP contribution >= 0.6 is 11.6 Å². The predicted octanol–water partition coefficient (Wildman–Crippen LogP) is 3.93. The first-order valence-corrected chi connectivity index (χ1v) is 8.69. The number of carbonyl (C=O) groups is 1. The number of piperidine rings is 1. The molecule has 0 bridgehead atoms. The molecule has 1 aliphatic heterocycles. The van der Waals surface area contributed by atoms with E-state index in [-0.39, 0.29) is 18.6 Å². The van der Waals surface area contributed by atoms with E-state index < -0.39 is 0 Å². The third-order valence-corrected chi connectivity index (χ3v) is 4.57. The number of rotatable bonds is 5. The van der Waals surface area contributed by atoms with Crippen LogP contribution in [0.1, 0.15) is 42.4 Å². The first kappa shape index (κ1) is 17.6. The first-order chi connectivity index (χ1) is 12.1. The van der Waals surface area contributed by atoms with Crippen molar-refractivity contribution in [3.05, 3.63) is 40.7 Å². The van der Waals surface area contributed by atoms with Crippen LogP contribution in [0, 0.1) is 0 Å². The minimum absolute atomic E-state index is 0.0914. The van der Waals surface area contributed by atoms with Gasteiger partial charge in [-0.05, 0) is 38.3 Å². The summed E-state index contributed by atoms with van der Waals surface area (Å²) in [6, 6.07) is 6.97. The second-order valence-corrected chi connectivity index (χ2v) is 6.54. The van der Waals surface area contributed by atoms with Crippen LogP contribution in [0.25, 0.3) is 0 Å². The molecule has 0 aliphatic carbocycles. The number of methoxy groups -OCH3 is 1. The lowest BCUT2D eigenvalue weighted by Gasteiger charge is -2.32. The van der Waals surface area contributed by atoms with Gasteiger partial charge in [-0.15, -0.1) is 0 Å². The summed E-state index contributed by atoms with van der Waals surface area (Å²) in [6.45, 7) is 2.97. The van der Waals surface area contributed by atoms with Gasteiger partial charge in [0.2, 0.25) is 0 Å². The molecule has 0 radical (unpaired) electrons. The van der Waals surface area contributed by atoms with Crippen LogP contribution in [0.5, 0.6) is 11.5 Å². The van der Waals surface area contributed by atoms with Crippen molar-refractivity contribution in [2.24, 2.45) is 0 Å². The maximum Gasteiger partial charge on any atom is 0.276 e. The Balaban J connectivity index is 1.65. The molecule has 0 unspecified atom stereocenters. The minimum Gasteiger partial charge on any atom is -0.493 e. The van der Waals surface area contributed by atoms with Crippen molar-refractivity contribution in [1.82, 2.24) is 10.1 Å². The number of hydrogen-bond acceptors (Lipinski definition) is 5. The summed E-state index contributed by atoms with van der Waals surface area (Å²) in [5.74, 6) is 1.46. The van der Waals surface area contributed by atoms with E-state index in [4.69, 9.17) is 25.6 Å². The number of likely N-dealkylation sites (tertiary alicyclic amines) is 1. The van der Waals surface area contributed by atoms with Crippen LogP contribution in [-0.2, 0) is 6.61 Å². The van der Waals surface area contributed by atoms with Crippen molar-refractivity contribution in [1.29, 1.82) is 0 Å². The summed E-state index contributed by atoms with van der Waals surface area (Å²) in [4.78, 5) is 14.4. The summed E-state index contributed by atoms with van der Waals surface area (Å²) >= 11 is 5.93. The molecular formula is C18H21ClN2O4. The lowest BCUT2D eigenvalue weighted by Crippen LogP contribution is -2.42. The van der Waals surface area contributed by atoms with Gasteiger partial charge >= 0.3 is 0 Å². The minimum atomic E-state index is -0.0914. The highest BCUT2D eigenvalue weighted by atomic mass is 35.5. The van der Waals surface area contributed by atoms with Crippen molar-refractivity contribution < 1.29 is 18.8 Å². The van der Waals surface area contributed by atoms with Crippen LogP contribution in [0.3, 0.4) is 0 Å². The number of nitrogens with zero attached hydrogens (tertiary/aromatic N) is 2. The maximum absolute atomic E-state index is 12.6. The van der Waals surface area contributed by atoms with Crippen LogP contribution in [-0.4, -0.2) is 35.7 Å². The van der Waals surface area contributed by atoms with E-state index in [9.17, 15) is 4.79 Å². The van der Waals surface area contributed by atoms with Gasteiger partial charge in [0.25, 0.3) is 5.91 Å². The molecule has 1 saturated heterocycles. The Morgan fingerprint density at radius 2 is 2.20 bits per heavy atom. The Bertz CT molecular complexity index is 746. The van der Waals surface area contributed by atoms with Gasteiger partial charge < -0.3 is 18.9 Å². The van der Waals surface area contributed by atoms with Crippen molar-refractivity contribution >= 4 is 17.5 Å². The van der Waals surface area contributed by atoms with Gasteiger partial charge in [-0.1, -0.05) is 16.8 Å². The normalized spacial score (nSPS) is 17.4. The average Bonchev–Trinajstić information content (AvgIpc) is 3.09. The molecule has 6 nitrogen and oxygen atoms in total. The largest absolute Gasteiger partial charge is 0.493 e. The third kappa shape index (κ3) is 4.07. The molecule has 2 heterocycles. The summed E-state index contributed by atoms with van der Waals surface area (Å²) in [5, 5.41) is 4.46. The molecular weight excluding hydrogens is 344 g/mol. The van der Waals surface area contributed by atoms with E-state index in [0.717, 1.165) is 25.8 Å². The van der Waals surface area contributed by atoms with E-state index >= 15 is 0 Å². The molecule has 1 aromatic carbocycles. The van der Waals surface area contributed by atoms with E-state index in [1.807, 2.05) is 4.90 Å². The molecule has 7 heteroatoms. The van der Waals surface area contributed by atoms with Gasteiger partial charge in [-0.2, -0.15) is 0 Å². The molecule has 1 aromatic heterocycles. The van der Waals surface area contributed by atoms with Gasteiger partial charge in [0, 0.05) is 29.7 Å². The zero-order valence-electron chi connectivity index (χ0n) is 14.3. The molecule has 2 aromatic rings. The van der Waals surface area contributed by atoms with Crippen molar-refractivity contribution in [3.8, 4) is 11.5 Å². The zero-order chi connectivity index (χ0) is 17.8. The average molecular weight is 365 g/mol. The smallest absolute Gasteiger partial charge is 0.276 e. The van der Waals surface area contributed by atoms with Crippen molar-refractivity contribution in [2.75, 3.05) is 13.7 Å². The molecule has 1 atom stereocenters. The second kappa shape index (κ2) is 7.78. The molecule has 0 saturated carbocycles. The number of benzene rings is 1. The topological polar surface area (TPSA) is 64.8 Å². The standard InChI is InChI=1S/C18H21ClN2O4/c1-12-5-3-4-8-21(12)18(22)15-10-14(25-20-15)11-24-16-7-6-13(19)9-17(16)23-2/h6-7,9-10,12H,3-5,8,11H2,1-2H3/t12-/m0/s1. The maximum atomic E-state index is 12.6. The number of hydrogen-bond donors (Lipinski definition) is 0. The van der Waals surface area contributed by atoms with E-state index in [0.29, 0.717) is 28.0 Å². The Hall–Kier alpha value is -2.21. The Morgan fingerprint density at radius 1 is 1.36 bits per heavy atom. The number of aromatic nitrogens is 1. The van der Waals surface area contributed by atoms with Crippen LogP contribution < -0.4 is 9.47 Å². The highest BCUT2D eigenvalue weighted by Crippen LogP contribution is 2.30. The number of carbonyl (C=O) groups excluding carboxylic acids is 1. The van der Waals surface area contributed by atoms with Gasteiger partial charge in [0.05, 0.1) is 7.11 Å². The van der Waals surface area contributed by atoms with Gasteiger partial charge in [0.1, 0.15) is 6.61 Å². The van der Waals surface area contributed by atoms with Crippen LogP contribution in [0.4, 0.5) is 0 Å². The first-order valence-electron chi connectivity index (χ1n) is 8.31. The van der Waals surface area contributed by atoms with Gasteiger partial charge in [0.15, 0.2) is 23.0 Å². The summed E-state index contributed by atoms with van der Waals surface area (Å²) in [5.41, 5.74) is 0.315. The second-order valence-electron chi connectivity index (χ2n) is 6.11. The van der Waals surface area contributed by atoms with Gasteiger partial charge in [-0.3, -0.25) is 4.79 Å². The summed E-state index contributed by atoms with van der Waals surface area (Å²) in [6.07, 6.45) is 3.21. The van der Waals surface area contributed by atoms with Crippen molar-refractivity contribution in [2.45, 2.75) is 38.8 Å². The fraction of sp³-hybridized carbons (Fsp3) is 0.444. The SMILES string of the molecule is COc1cc(Cl)ccc1OCc1cc(C(=O)N2CCCC[C@@H]2C)no1. The number of halogens is 1. The van der Waals surface area contributed by atoms with E-state index in [2.05, 4.69) is 12.1 Å². The highest BCUT2D eigenvalue weighted by Gasteiger charge is 2.26. The fourth-order valence-electron chi connectivity index (χ4n) is 2.94. The molecule has 134 valence electrons. The van der Waals surface area contributed by atoms with Crippen LogP contribution in [0.15, 0.2) is 28.8 Å². The lowest BCUT2D eigenvalue weighted by molar-refractivity contribution is 0.0624. The zero-order valence-corrected chi connectivity index (χ0v) is 15.1. The molecule has 1 aliphatic rings. The monoisotopic (exact) mass is 364 g/mol. The third-order valence-electron chi connectivity index (χ3n) is 4.34. The molecule has 1 amide bonds. The lowest BCUT2D eigenvalue weighted by atomic mass is 10.0. The van der Waals surface area contributed by atoms with E-state index in [1.54, 1.807) is 31.4 Å². The van der Waals surface area contributed by atoms with Crippen molar-refractivity contribution in [3.63, 3.8) is 0 Å². The Labute approximate surface area is 151 Å².